The molecule has 1 atom stereocenters. The van der Waals surface area contributed by atoms with Crippen molar-refractivity contribution in [3.63, 3.8) is 0 Å². The minimum Gasteiger partial charge on any atom is -0.391 e. The first-order valence-electron chi connectivity index (χ1n) is 4.95. The Labute approximate surface area is 77.9 Å². The molecule has 13 heavy (non-hydrogen) atoms. The summed E-state index contributed by atoms with van der Waals surface area (Å²) in [5.41, 5.74) is 0. The molecule has 0 aromatic rings. The number of aliphatic hydroxyl groups excluding tert-OH is 1. The Balaban J connectivity index is 1.87. The molecule has 0 aromatic heterocycles. The van der Waals surface area contributed by atoms with E-state index in [1.54, 1.807) is 4.90 Å². The second kappa shape index (κ2) is 3.64. The lowest BCUT2D eigenvalue weighted by atomic mass is 9.99. The summed E-state index contributed by atoms with van der Waals surface area (Å²) in [6.45, 7) is 2.98. The van der Waals surface area contributed by atoms with Crippen LogP contribution in [0.4, 0.5) is 0 Å². The maximum Gasteiger partial charge on any atom is 0.228 e. The van der Waals surface area contributed by atoms with Crippen LogP contribution in [0.3, 0.4) is 0 Å². The third-order valence-corrected chi connectivity index (χ3v) is 2.84. The van der Waals surface area contributed by atoms with E-state index in [0.29, 0.717) is 6.54 Å². The van der Waals surface area contributed by atoms with Crippen molar-refractivity contribution in [1.82, 2.24) is 10.2 Å². The average molecular weight is 184 g/mol. The van der Waals surface area contributed by atoms with Crippen molar-refractivity contribution in [2.75, 3.05) is 26.2 Å². The standard InChI is InChI=1S/C9H16N2O2/c12-8-2-1-3-11(6-8)9(13)7-4-10-5-7/h7-8,10,12H,1-6H2. The fraction of sp³-hybridized carbons (Fsp3) is 0.889. The number of hydrogen-bond acceptors (Lipinski definition) is 3. The zero-order valence-electron chi connectivity index (χ0n) is 7.70. The van der Waals surface area contributed by atoms with Gasteiger partial charge < -0.3 is 15.3 Å². The third-order valence-electron chi connectivity index (χ3n) is 2.84. The van der Waals surface area contributed by atoms with Crippen LogP contribution in [0.2, 0.25) is 0 Å². The van der Waals surface area contributed by atoms with Gasteiger partial charge in [0.05, 0.1) is 12.0 Å². The predicted molar refractivity (Wildman–Crippen MR) is 48.2 cm³/mol. The molecule has 1 unspecified atom stereocenters. The molecule has 2 N–H and O–H groups in total. The van der Waals surface area contributed by atoms with Crippen molar-refractivity contribution in [2.45, 2.75) is 18.9 Å². The van der Waals surface area contributed by atoms with Crippen LogP contribution in [0.15, 0.2) is 0 Å². The molecule has 2 rings (SSSR count). The van der Waals surface area contributed by atoms with Crippen molar-refractivity contribution in [2.24, 2.45) is 5.92 Å². The Morgan fingerprint density at radius 2 is 2.23 bits per heavy atom. The quantitative estimate of drug-likeness (QED) is 0.560. The zero-order chi connectivity index (χ0) is 9.26. The summed E-state index contributed by atoms with van der Waals surface area (Å²) in [4.78, 5) is 13.5. The van der Waals surface area contributed by atoms with Gasteiger partial charge in [0.25, 0.3) is 0 Å². The van der Waals surface area contributed by atoms with Gasteiger partial charge in [-0.2, -0.15) is 0 Å². The Hall–Kier alpha value is -0.610. The van der Waals surface area contributed by atoms with E-state index in [4.69, 9.17) is 0 Å². The fourth-order valence-electron chi connectivity index (χ4n) is 1.88. The number of rotatable bonds is 1. The van der Waals surface area contributed by atoms with Gasteiger partial charge in [-0.25, -0.2) is 0 Å². The van der Waals surface area contributed by atoms with Gasteiger partial charge in [-0.1, -0.05) is 0 Å². The number of nitrogens with one attached hydrogen (secondary N) is 1. The summed E-state index contributed by atoms with van der Waals surface area (Å²) in [6, 6.07) is 0. The summed E-state index contributed by atoms with van der Waals surface area (Å²) in [6.07, 6.45) is 1.48. The minimum atomic E-state index is -0.300. The number of nitrogens with zero attached hydrogens (tertiary/aromatic N) is 1. The van der Waals surface area contributed by atoms with E-state index in [1.165, 1.54) is 0 Å². The SMILES string of the molecule is O=C(C1CNC1)N1CCCC(O)C1. The van der Waals surface area contributed by atoms with Gasteiger partial charge in [0.1, 0.15) is 0 Å². The third kappa shape index (κ3) is 1.84. The Morgan fingerprint density at radius 1 is 1.46 bits per heavy atom. The highest BCUT2D eigenvalue weighted by atomic mass is 16.3. The van der Waals surface area contributed by atoms with E-state index < -0.39 is 0 Å². The van der Waals surface area contributed by atoms with Gasteiger partial charge in [0, 0.05) is 26.2 Å². The molecular formula is C9H16N2O2. The number of amides is 1. The van der Waals surface area contributed by atoms with Crippen LogP contribution in [0.1, 0.15) is 12.8 Å². The van der Waals surface area contributed by atoms with Crippen molar-refractivity contribution >= 4 is 5.91 Å². The van der Waals surface area contributed by atoms with Gasteiger partial charge in [-0.05, 0) is 12.8 Å². The second-order valence-electron chi connectivity index (χ2n) is 3.94. The van der Waals surface area contributed by atoms with Crippen LogP contribution in [-0.2, 0) is 4.79 Å². The van der Waals surface area contributed by atoms with Crippen molar-refractivity contribution in [3.05, 3.63) is 0 Å². The maximum atomic E-state index is 11.7. The first-order valence-corrected chi connectivity index (χ1v) is 4.95. The summed E-state index contributed by atoms with van der Waals surface area (Å²) >= 11 is 0. The van der Waals surface area contributed by atoms with E-state index in [9.17, 15) is 9.90 Å². The lowest BCUT2D eigenvalue weighted by molar-refractivity contribution is -0.140. The Bertz CT molecular complexity index is 204. The molecule has 2 heterocycles. The van der Waals surface area contributed by atoms with Crippen LogP contribution in [0, 0.1) is 5.92 Å². The molecule has 0 spiro atoms. The Morgan fingerprint density at radius 3 is 2.77 bits per heavy atom. The number of piperidine rings is 1. The summed E-state index contributed by atoms with van der Waals surface area (Å²) < 4.78 is 0. The number of hydrogen-bond donors (Lipinski definition) is 2. The number of likely N-dealkylation sites (tertiary alicyclic amines) is 1. The molecule has 2 aliphatic rings. The fourth-order valence-corrected chi connectivity index (χ4v) is 1.88. The van der Waals surface area contributed by atoms with Gasteiger partial charge in [-0.15, -0.1) is 0 Å². The number of β-amino-alcohol motifs (C(OH)–C–C–N with tert-alkyl or cyclic N) is 1. The number of carbonyl (C=O) groups is 1. The summed E-state index contributed by atoms with van der Waals surface area (Å²) in [7, 11) is 0. The minimum absolute atomic E-state index is 0.172. The van der Waals surface area contributed by atoms with Crippen LogP contribution >= 0.6 is 0 Å². The van der Waals surface area contributed by atoms with Gasteiger partial charge >= 0.3 is 0 Å². The second-order valence-corrected chi connectivity index (χ2v) is 3.94. The molecule has 74 valence electrons. The molecular weight excluding hydrogens is 168 g/mol. The molecule has 0 saturated carbocycles. The number of aliphatic hydroxyl groups is 1. The molecule has 4 nitrogen and oxygen atoms in total. The Kier molecular flexibility index (Phi) is 2.51. The smallest absolute Gasteiger partial charge is 0.228 e. The van der Waals surface area contributed by atoms with Crippen LogP contribution in [0.25, 0.3) is 0 Å². The molecule has 1 amide bonds. The van der Waals surface area contributed by atoms with E-state index in [2.05, 4.69) is 5.32 Å². The summed E-state index contributed by atoms with van der Waals surface area (Å²) in [5.74, 6) is 0.391. The summed E-state index contributed by atoms with van der Waals surface area (Å²) in [5, 5.41) is 12.5. The van der Waals surface area contributed by atoms with Gasteiger partial charge in [0.15, 0.2) is 0 Å². The first kappa shape index (κ1) is 8.97. The monoisotopic (exact) mass is 184 g/mol. The molecule has 2 saturated heterocycles. The molecule has 2 aliphatic heterocycles. The topological polar surface area (TPSA) is 52.6 Å². The van der Waals surface area contributed by atoms with Crippen LogP contribution < -0.4 is 5.32 Å². The van der Waals surface area contributed by atoms with E-state index in [-0.39, 0.29) is 17.9 Å². The van der Waals surface area contributed by atoms with Crippen molar-refractivity contribution in [1.29, 1.82) is 0 Å². The van der Waals surface area contributed by atoms with Gasteiger partial charge in [-0.3, -0.25) is 4.79 Å². The van der Waals surface area contributed by atoms with Crippen LogP contribution in [-0.4, -0.2) is 48.2 Å². The highest BCUT2D eigenvalue weighted by Gasteiger charge is 2.31. The van der Waals surface area contributed by atoms with Gasteiger partial charge in [0.2, 0.25) is 5.91 Å². The molecule has 0 aromatic carbocycles. The van der Waals surface area contributed by atoms with E-state index >= 15 is 0 Å². The maximum absolute atomic E-state index is 11.7. The highest BCUT2D eigenvalue weighted by Crippen LogP contribution is 2.14. The normalized spacial score (nSPS) is 29.9. The van der Waals surface area contributed by atoms with Crippen molar-refractivity contribution < 1.29 is 9.90 Å². The molecule has 0 bridgehead atoms. The zero-order valence-corrected chi connectivity index (χ0v) is 7.70. The lowest BCUT2D eigenvalue weighted by Crippen LogP contribution is -2.54. The first-order chi connectivity index (χ1) is 6.27. The number of carbonyl (C=O) groups excluding carboxylic acids is 1. The highest BCUT2D eigenvalue weighted by molar-refractivity contribution is 5.80. The van der Waals surface area contributed by atoms with Crippen LogP contribution in [0.5, 0.6) is 0 Å². The van der Waals surface area contributed by atoms with E-state index in [1.807, 2.05) is 0 Å². The molecule has 0 aliphatic carbocycles. The molecule has 2 fully saturated rings. The average Bonchev–Trinajstić information content (AvgIpc) is 2.01. The lowest BCUT2D eigenvalue weighted by Gasteiger charge is -2.36. The molecule has 4 heteroatoms. The molecule has 0 radical (unpaired) electrons. The largest absolute Gasteiger partial charge is 0.391 e. The van der Waals surface area contributed by atoms with Crippen molar-refractivity contribution in [3.8, 4) is 0 Å². The van der Waals surface area contributed by atoms with E-state index in [0.717, 1.165) is 32.5 Å². The predicted octanol–water partition coefficient (Wildman–Crippen LogP) is -0.811.